The van der Waals surface area contributed by atoms with Crippen molar-refractivity contribution in [3.63, 3.8) is 0 Å². The highest BCUT2D eigenvalue weighted by molar-refractivity contribution is 5.29. The van der Waals surface area contributed by atoms with Crippen molar-refractivity contribution < 1.29 is 4.74 Å². The Bertz CT molecular complexity index is 506. The van der Waals surface area contributed by atoms with Gasteiger partial charge in [0.2, 0.25) is 0 Å². The van der Waals surface area contributed by atoms with Crippen molar-refractivity contribution in [1.82, 2.24) is 20.3 Å². The standard InChI is InChI=1S/C14H20N4O/c1-4-15-14(9-12-10-18(2)17-16-12)11-5-7-13(19-3)8-6-11/h5-8,10,14-15H,4,9H2,1-3H3. The minimum absolute atomic E-state index is 0.243. The van der Waals surface area contributed by atoms with E-state index in [1.54, 1.807) is 11.8 Å². The lowest BCUT2D eigenvalue weighted by atomic mass is 10.0. The smallest absolute Gasteiger partial charge is 0.118 e. The lowest BCUT2D eigenvalue weighted by Crippen LogP contribution is -2.23. The minimum atomic E-state index is 0.243. The summed E-state index contributed by atoms with van der Waals surface area (Å²) in [5, 5.41) is 11.6. The third-order valence-corrected chi connectivity index (χ3v) is 3.03. The number of hydrogen-bond acceptors (Lipinski definition) is 4. The van der Waals surface area contributed by atoms with E-state index in [0.29, 0.717) is 0 Å². The number of likely N-dealkylation sites (N-methyl/N-ethyl adjacent to an activating group) is 1. The van der Waals surface area contributed by atoms with E-state index >= 15 is 0 Å². The molecule has 0 saturated carbocycles. The Labute approximate surface area is 113 Å². The maximum absolute atomic E-state index is 5.18. The zero-order valence-electron chi connectivity index (χ0n) is 11.6. The number of hydrogen-bond donors (Lipinski definition) is 1. The zero-order chi connectivity index (χ0) is 13.7. The van der Waals surface area contributed by atoms with E-state index in [9.17, 15) is 0 Å². The molecule has 0 spiro atoms. The van der Waals surface area contributed by atoms with Crippen LogP contribution >= 0.6 is 0 Å². The van der Waals surface area contributed by atoms with Gasteiger partial charge >= 0.3 is 0 Å². The van der Waals surface area contributed by atoms with E-state index in [2.05, 4.69) is 34.7 Å². The second-order valence-electron chi connectivity index (χ2n) is 4.47. The van der Waals surface area contributed by atoms with E-state index in [-0.39, 0.29) is 6.04 Å². The molecule has 1 atom stereocenters. The number of rotatable bonds is 6. The largest absolute Gasteiger partial charge is 0.497 e. The number of nitrogens with zero attached hydrogens (tertiary/aromatic N) is 3. The molecule has 0 bridgehead atoms. The highest BCUT2D eigenvalue weighted by Crippen LogP contribution is 2.20. The molecule has 5 heteroatoms. The molecule has 0 saturated heterocycles. The van der Waals surface area contributed by atoms with Gasteiger partial charge < -0.3 is 10.1 Å². The average molecular weight is 260 g/mol. The molecule has 19 heavy (non-hydrogen) atoms. The van der Waals surface area contributed by atoms with E-state index in [0.717, 1.165) is 24.4 Å². The highest BCUT2D eigenvalue weighted by atomic mass is 16.5. The van der Waals surface area contributed by atoms with Crippen LogP contribution in [-0.4, -0.2) is 28.6 Å². The first-order chi connectivity index (χ1) is 9.22. The summed E-state index contributed by atoms with van der Waals surface area (Å²) in [7, 11) is 3.56. The summed E-state index contributed by atoms with van der Waals surface area (Å²) in [6.07, 6.45) is 2.78. The Kier molecular flexibility index (Phi) is 4.52. The predicted octanol–water partition coefficient (Wildman–Crippen LogP) is 1.72. The van der Waals surface area contributed by atoms with Gasteiger partial charge in [0.05, 0.1) is 12.8 Å². The van der Waals surface area contributed by atoms with Crippen LogP contribution in [0.15, 0.2) is 30.5 Å². The van der Waals surface area contributed by atoms with Crippen molar-refractivity contribution in [2.45, 2.75) is 19.4 Å². The Morgan fingerprint density at radius 1 is 1.32 bits per heavy atom. The molecule has 0 aliphatic carbocycles. The van der Waals surface area contributed by atoms with Gasteiger partial charge in [0.25, 0.3) is 0 Å². The molecular weight excluding hydrogens is 240 g/mol. The fourth-order valence-corrected chi connectivity index (χ4v) is 2.09. The summed E-state index contributed by atoms with van der Waals surface area (Å²) in [6.45, 7) is 3.02. The summed E-state index contributed by atoms with van der Waals surface area (Å²) in [4.78, 5) is 0. The van der Waals surface area contributed by atoms with E-state index in [1.807, 2.05) is 25.4 Å². The first kappa shape index (κ1) is 13.5. The molecular formula is C14H20N4O. The lowest BCUT2D eigenvalue weighted by molar-refractivity contribution is 0.414. The van der Waals surface area contributed by atoms with Gasteiger partial charge in [-0.25, -0.2) is 0 Å². The second kappa shape index (κ2) is 6.33. The van der Waals surface area contributed by atoms with Crippen LogP contribution in [0, 0.1) is 0 Å². The topological polar surface area (TPSA) is 52.0 Å². The van der Waals surface area contributed by atoms with Crippen molar-refractivity contribution >= 4 is 0 Å². The van der Waals surface area contributed by atoms with Gasteiger partial charge in [-0.1, -0.05) is 24.3 Å². The van der Waals surface area contributed by atoms with E-state index in [4.69, 9.17) is 4.74 Å². The Hall–Kier alpha value is -1.88. The Balaban J connectivity index is 2.13. The van der Waals surface area contributed by atoms with Gasteiger partial charge in [0.15, 0.2) is 0 Å². The van der Waals surface area contributed by atoms with Crippen molar-refractivity contribution in [3.05, 3.63) is 41.7 Å². The van der Waals surface area contributed by atoms with Gasteiger partial charge in [0, 0.05) is 25.7 Å². The molecule has 1 unspecified atom stereocenters. The van der Waals surface area contributed by atoms with Crippen LogP contribution in [0.4, 0.5) is 0 Å². The quantitative estimate of drug-likeness (QED) is 0.859. The summed E-state index contributed by atoms with van der Waals surface area (Å²) in [6, 6.07) is 8.38. The first-order valence-electron chi connectivity index (χ1n) is 6.45. The summed E-state index contributed by atoms with van der Waals surface area (Å²) in [5.41, 5.74) is 2.22. The zero-order valence-corrected chi connectivity index (χ0v) is 11.6. The van der Waals surface area contributed by atoms with Gasteiger partial charge in [-0.15, -0.1) is 5.10 Å². The van der Waals surface area contributed by atoms with Crippen molar-refractivity contribution in [2.24, 2.45) is 7.05 Å². The molecule has 0 fully saturated rings. The van der Waals surface area contributed by atoms with Gasteiger partial charge in [0.1, 0.15) is 5.75 Å². The minimum Gasteiger partial charge on any atom is -0.497 e. The monoisotopic (exact) mass is 260 g/mol. The van der Waals surface area contributed by atoms with Gasteiger partial charge in [-0.05, 0) is 24.2 Å². The molecule has 1 aromatic heterocycles. The highest BCUT2D eigenvalue weighted by Gasteiger charge is 2.13. The molecule has 1 aromatic carbocycles. The van der Waals surface area contributed by atoms with Crippen molar-refractivity contribution in [2.75, 3.05) is 13.7 Å². The summed E-state index contributed by atoms with van der Waals surface area (Å²) in [5.74, 6) is 0.874. The Morgan fingerprint density at radius 3 is 2.58 bits per heavy atom. The molecule has 1 heterocycles. The SMILES string of the molecule is CCNC(Cc1cn(C)nn1)c1ccc(OC)cc1. The number of aromatic nitrogens is 3. The lowest BCUT2D eigenvalue weighted by Gasteiger charge is -2.17. The average Bonchev–Trinajstić information content (AvgIpc) is 2.84. The fraction of sp³-hybridized carbons (Fsp3) is 0.429. The maximum atomic E-state index is 5.18. The second-order valence-corrected chi connectivity index (χ2v) is 4.47. The van der Waals surface area contributed by atoms with E-state index in [1.165, 1.54) is 5.56 Å². The summed E-state index contributed by atoms with van der Waals surface area (Å²) < 4.78 is 6.91. The summed E-state index contributed by atoms with van der Waals surface area (Å²) >= 11 is 0. The number of methoxy groups -OCH3 is 1. The molecule has 102 valence electrons. The first-order valence-corrected chi connectivity index (χ1v) is 6.45. The third-order valence-electron chi connectivity index (χ3n) is 3.03. The van der Waals surface area contributed by atoms with Crippen LogP contribution in [0.1, 0.15) is 24.2 Å². The van der Waals surface area contributed by atoms with Gasteiger partial charge in [-0.3, -0.25) is 4.68 Å². The predicted molar refractivity (Wildman–Crippen MR) is 74.1 cm³/mol. The maximum Gasteiger partial charge on any atom is 0.118 e. The molecule has 2 rings (SSSR count). The van der Waals surface area contributed by atoms with Crippen molar-refractivity contribution in [1.29, 1.82) is 0 Å². The van der Waals surface area contributed by atoms with Crippen LogP contribution in [-0.2, 0) is 13.5 Å². The van der Waals surface area contributed by atoms with Crippen molar-refractivity contribution in [3.8, 4) is 5.75 Å². The van der Waals surface area contributed by atoms with E-state index < -0.39 is 0 Å². The number of benzene rings is 1. The molecule has 0 amide bonds. The van der Waals surface area contributed by atoms with Crippen LogP contribution < -0.4 is 10.1 Å². The van der Waals surface area contributed by atoms with Gasteiger partial charge in [-0.2, -0.15) is 0 Å². The molecule has 0 radical (unpaired) electrons. The third kappa shape index (κ3) is 3.54. The normalized spacial score (nSPS) is 12.4. The fourth-order valence-electron chi connectivity index (χ4n) is 2.09. The van der Waals surface area contributed by atoms with Crippen LogP contribution in [0.25, 0.3) is 0 Å². The van der Waals surface area contributed by atoms with Crippen LogP contribution in [0.3, 0.4) is 0 Å². The molecule has 0 aliphatic rings. The Morgan fingerprint density at radius 2 is 2.05 bits per heavy atom. The van der Waals surface area contributed by atoms with Crippen LogP contribution in [0.2, 0.25) is 0 Å². The number of aryl methyl sites for hydroxylation is 1. The molecule has 2 aromatic rings. The van der Waals surface area contributed by atoms with Crippen LogP contribution in [0.5, 0.6) is 5.75 Å². The number of nitrogens with one attached hydrogen (secondary N) is 1. The molecule has 0 aliphatic heterocycles. The number of ether oxygens (including phenoxy) is 1. The molecule has 1 N–H and O–H groups in total. The molecule has 5 nitrogen and oxygen atoms in total.